The van der Waals surface area contributed by atoms with E-state index < -0.39 is 24.0 Å². The first kappa shape index (κ1) is 30.8. The molecule has 11 nitrogen and oxygen atoms in total. The minimum atomic E-state index is -0.778. The number of hydrogen-bond donors (Lipinski definition) is 4. The zero-order valence-electron chi connectivity index (χ0n) is 23.8. The van der Waals surface area contributed by atoms with Crippen molar-refractivity contribution >= 4 is 35.0 Å². The summed E-state index contributed by atoms with van der Waals surface area (Å²) in [5, 5.41) is 13.9. The second-order valence-electron chi connectivity index (χ2n) is 10.6. The number of rotatable bonds is 7. The van der Waals surface area contributed by atoms with Crippen LogP contribution in [0.15, 0.2) is 54.3 Å². The highest BCUT2D eigenvalue weighted by Crippen LogP contribution is 2.26. The highest BCUT2D eigenvalue weighted by Gasteiger charge is 2.29. The second-order valence-corrected chi connectivity index (χ2v) is 11.5. The molecule has 0 spiro atoms. The topological polar surface area (TPSA) is 155 Å². The molecule has 0 aliphatic carbocycles. The van der Waals surface area contributed by atoms with Crippen LogP contribution in [-0.2, 0) is 27.2 Å². The number of amides is 4. The molecule has 3 atom stereocenters. The predicted octanol–water partition coefficient (Wildman–Crippen LogP) is 2.51. The lowest BCUT2D eigenvalue weighted by Gasteiger charge is -2.25. The van der Waals surface area contributed by atoms with Crippen LogP contribution < -0.4 is 21.3 Å². The van der Waals surface area contributed by atoms with E-state index in [0.717, 1.165) is 5.56 Å². The first-order valence-electron chi connectivity index (χ1n) is 14.2. The number of hydrogen-bond acceptors (Lipinski definition) is 8. The van der Waals surface area contributed by atoms with E-state index >= 15 is 0 Å². The maximum atomic E-state index is 13.5. The van der Waals surface area contributed by atoms with E-state index in [9.17, 15) is 19.2 Å². The average Bonchev–Trinajstić information content (AvgIpc) is 3.48. The van der Waals surface area contributed by atoms with E-state index in [1.807, 2.05) is 44.2 Å². The summed E-state index contributed by atoms with van der Waals surface area (Å²) in [7, 11) is 0. The first-order chi connectivity index (χ1) is 20.3. The van der Waals surface area contributed by atoms with Crippen molar-refractivity contribution in [3.05, 3.63) is 76.3 Å². The van der Waals surface area contributed by atoms with Crippen LogP contribution in [0.5, 0.6) is 0 Å². The molecule has 0 radical (unpaired) electrons. The molecule has 0 saturated heterocycles. The summed E-state index contributed by atoms with van der Waals surface area (Å²) in [5.74, 6) is -1.35. The van der Waals surface area contributed by atoms with E-state index in [4.69, 9.17) is 0 Å². The molecule has 1 aliphatic heterocycles. The van der Waals surface area contributed by atoms with Gasteiger partial charge in [-0.3, -0.25) is 29.1 Å². The average molecular weight is 592 g/mol. The van der Waals surface area contributed by atoms with E-state index in [-0.39, 0.29) is 35.8 Å². The Balaban J connectivity index is 1.51. The van der Waals surface area contributed by atoms with Crippen molar-refractivity contribution < 1.29 is 19.2 Å². The predicted molar refractivity (Wildman–Crippen MR) is 158 cm³/mol. The fourth-order valence-electron chi connectivity index (χ4n) is 4.64. The van der Waals surface area contributed by atoms with Crippen molar-refractivity contribution in [1.29, 1.82) is 0 Å². The summed E-state index contributed by atoms with van der Waals surface area (Å²) in [5.41, 5.74) is 1.80. The molecular formula is C30H37N7O4S. The first-order valence-corrected chi connectivity index (χ1v) is 15.1. The Hall–Kier alpha value is -4.19. The van der Waals surface area contributed by atoms with Crippen LogP contribution in [0.2, 0.25) is 0 Å². The van der Waals surface area contributed by atoms with Crippen LogP contribution in [0.1, 0.15) is 72.3 Å². The standard InChI is InChI=1S/C30H37N7O4S/c1-19(2)26-30-36-24(18-42-30)29(41)35-23(16-20-8-4-3-5-9-20)27(39)33-13-7-6-10-22(28(40)37-26)34-25(38)12-11-21-17-31-14-15-32-21/h3-5,8-9,14-15,17-19,22-23,26H,6-7,10-13,16H2,1-2H3,(H,33,39)(H,34,38)(H,35,41)(H,37,40)/t22-,23+,26+/m0/s1. The van der Waals surface area contributed by atoms with Gasteiger partial charge in [-0.2, -0.15) is 0 Å². The minimum absolute atomic E-state index is 0.0282. The smallest absolute Gasteiger partial charge is 0.271 e. The van der Waals surface area contributed by atoms with Gasteiger partial charge in [0.1, 0.15) is 22.8 Å². The van der Waals surface area contributed by atoms with E-state index in [1.54, 1.807) is 24.0 Å². The molecule has 0 saturated carbocycles. The van der Waals surface area contributed by atoms with Gasteiger partial charge in [0.05, 0.1) is 11.7 Å². The number of nitrogens with one attached hydrogen (secondary N) is 4. The number of aryl methyl sites for hydroxylation is 1. The third kappa shape index (κ3) is 8.90. The van der Waals surface area contributed by atoms with Crippen LogP contribution in [0.25, 0.3) is 0 Å². The molecule has 42 heavy (non-hydrogen) atoms. The van der Waals surface area contributed by atoms with Crippen molar-refractivity contribution in [1.82, 2.24) is 36.2 Å². The highest BCUT2D eigenvalue weighted by atomic mass is 32.1. The number of nitrogens with zero attached hydrogens (tertiary/aromatic N) is 3. The number of thiazole rings is 1. The zero-order valence-corrected chi connectivity index (χ0v) is 24.7. The molecule has 3 aromatic rings. The number of carbonyl (C=O) groups is 4. The van der Waals surface area contributed by atoms with E-state index in [1.165, 1.54) is 11.3 Å². The van der Waals surface area contributed by atoms with Gasteiger partial charge in [-0.25, -0.2) is 4.98 Å². The monoisotopic (exact) mass is 591 g/mol. The number of carbonyl (C=O) groups excluding carboxylic acids is 4. The van der Waals surface area contributed by atoms with Gasteiger partial charge in [0, 0.05) is 43.4 Å². The van der Waals surface area contributed by atoms with Crippen LogP contribution in [0.4, 0.5) is 0 Å². The van der Waals surface area contributed by atoms with Gasteiger partial charge in [0.15, 0.2) is 0 Å². The van der Waals surface area contributed by atoms with Gasteiger partial charge in [0.25, 0.3) is 5.91 Å². The molecule has 4 N–H and O–H groups in total. The Morgan fingerprint density at radius 3 is 2.62 bits per heavy atom. The lowest BCUT2D eigenvalue weighted by Crippen LogP contribution is -2.49. The molecule has 0 unspecified atom stereocenters. The molecule has 2 bridgehead atoms. The summed E-state index contributed by atoms with van der Waals surface area (Å²) in [6, 6.07) is 7.51. The summed E-state index contributed by atoms with van der Waals surface area (Å²) in [4.78, 5) is 65.3. The van der Waals surface area contributed by atoms with Gasteiger partial charge in [-0.05, 0) is 37.2 Å². The van der Waals surface area contributed by atoms with Crippen LogP contribution in [0, 0.1) is 5.92 Å². The van der Waals surface area contributed by atoms with Crippen molar-refractivity contribution in [2.45, 2.75) is 70.5 Å². The third-order valence-electron chi connectivity index (χ3n) is 6.98. The van der Waals surface area contributed by atoms with Crippen LogP contribution in [0.3, 0.4) is 0 Å². The summed E-state index contributed by atoms with van der Waals surface area (Å²) >= 11 is 1.27. The lowest BCUT2D eigenvalue weighted by atomic mass is 10.0. The number of benzene rings is 1. The Morgan fingerprint density at radius 2 is 1.88 bits per heavy atom. The molecule has 3 heterocycles. The van der Waals surface area contributed by atoms with Crippen molar-refractivity contribution in [2.24, 2.45) is 5.92 Å². The van der Waals surface area contributed by atoms with Crippen LogP contribution in [-0.4, -0.2) is 57.2 Å². The van der Waals surface area contributed by atoms with Crippen molar-refractivity contribution in [2.75, 3.05) is 6.54 Å². The Morgan fingerprint density at radius 1 is 1.07 bits per heavy atom. The minimum Gasteiger partial charge on any atom is -0.354 e. The molecule has 1 aliphatic rings. The number of aromatic nitrogens is 3. The van der Waals surface area contributed by atoms with E-state index in [2.05, 4.69) is 36.2 Å². The fraction of sp³-hybridized carbons (Fsp3) is 0.433. The molecule has 12 heteroatoms. The molecule has 1 aromatic carbocycles. The normalized spacial score (nSPS) is 20.4. The molecule has 4 amide bonds. The molecular weight excluding hydrogens is 554 g/mol. The van der Waals surface area contributed by atoms with Crippen molar-refractivity contribution in [3.8, 4) is 0 Å². The second kappa shape index (κ2) is 15.2. The SMILES string of the molecule is CC(C)[C@H]1NC(=O)[C@@H](NC(=O)CCc2cnccn2)CCCCNC(=O)[C@@H](Cc2ccccc2)NC(=O)c2csc1n2. The van der Waals surface area contributed by atoms with Gasteiger partial charge in [-0.15, -0.1) is 11.3 Å². The molecule has 0 fully saturated rings. The summed E-state index contributed by atoms with van der Waals surface area (Å²) in [6.07, 6.45) is 7.25. The molecule has 4 rings (SSSR count). The molecule has 2 aromatic heterocycles. The highest BCUT2D eigenvalue weighted by molar-refractivity contribution is 7.09. The van der Waals surface area contributed by atoms with Gasteiger partial charge in [-0.1, -0.05) is 44.2 Å². The summed E-state index contributed by atoms with van der Waals surface area (Å²) < 4.78 is 0. The van der Waals surface area contributed by atoms with Crippen LogP contribution >= 0.6 is 11.3 Å². The third-order valence-corrected chi connectivity index (χ3v) is 7.91. The van der Waals surface area contributed by atoms with Gasteiger partial charge in [0.2, 0.25) is 17.7 Å². The van der Waals surface area contributed by atoms with Crippen molar-refractivity contribution in [3.63, 3.8) is 0 Å². The molecule has 222 valence electrons. The number of fused-ring (bicyclic) bond motifs is 2. The largest absolute Gasteiger partial charge is 0.354 e. The quantitative estimate of drug-likeness (QED) is 0.329. The maximum Gasteiger partial charge on any atom is 0.271 e. The van der Waals surface area contributed by atoms with E-state index in [0.29, 0.717) is 49.4 Å². The van der Waals surface area contributed by atoms with Gasteiger partial charge >= 0.3 is 0 Å². The van der Waals surface area contributed by atoms with Gasteiger partial charge < -0.3 is 21.3 Å². The fourth-order valence-corrected chi connectivity index (χ4v) is 5.66. The zero-order chi connectivity index (χ0) is 29.9. The Kier molecular flexibility index (Phi) is 11.1. The maximum absolute atomic E-state index is 13.5. The lowest BCUT2D eigenvalue weighted by molar-refractivity contribution is -0.129. The Bertz CT molecular complexity index is 1350. The summed E-state index contributed by atoms with van der Waals surface area (Å²) in [6.45, 7) is 4.28. The Labute approximate surface area is 249 Å².